The number of nitrogens with zero attached hydrogens (tertiary/aromatic N) is 4. The molecule has 2 heterocycles. The number of carbonyl (C=O) groups is 1. The molecule has 0 atom stereocenters. The van der Waals surface area contributed by atoms with Gasteiger partial charge in [-0.3, -0.25) is 14.2 Å². The Morgan fingerprint density at radius 2 is 1.89 bits per heavy atom. The highest BCUT2D eigenvalue weighted by Crippen LogP contribution is 2.16. The molecule has 1 amide bonds. The lowest BCUT2D eigenvalue weighted by molar-refractivity contribution is -0.116. The number of aryl methyl sites for hydroxylation is 3. The van der Waals surface area contributed by atoms with E-state index in [1.54, 1.807) is 10.8 Å². The van der Waals surface area contributed by atoms with Gasteiger partial charge < -0.3 is 5.32 Å². The maximum atomic E-state index is 12.1. The predicted molar refractivity (Wildman–Crippen MR) is 111 cm³/mol. The fourth-order valence-electron chi connectivity index (χ4n) is 3.12. The summed E-state index contributed by atoms with van der Waals surface area (Å²) in [6.07, 6.45) is 7.97. The maximum absolute atomic E-state index is 12.1. The lowest BCUT2D eigenvalue weighted by Gasteiger charge is -2.05. The Balaban J connectivity index is 1.59. The lowest BCUT2D eigenvalue weighted by atomic mass is 10.1. The molecule has 6 heteroatoms. The van der Waals surface area contributed by atoms with E-state index in [1.807, 2.05) is 44.0 Å². The number of hydrogen-bond acceptors (Lipinski definition) is 3. The van der Waals surface area contributed by atoms with Crippen molar-refractivity contribution >= 4 is 12.0 Å². The van der Waals surface area contributed by atoms with Gasteiger partial charge in [-0.15, -0.1) is 0 Å². The first-order chi connectivity index (χ1) is 13.4. The summed E-state index contributed by atoms with van der Waals surface area (Å²) in [5.41, 5.74) is 6.53. The molecule has 0 radical (unpaired) electrons. The summed E-state index contributed by atoms with van der Waals surface area (Å²) in [4.78, 5) is 12.1. The fourth-order valence-corrected chi connectivity index (χ4v) is 3.12. The van der Waals surface area contributed by atoms with Crippen LogP contribution in [0.1, 0.15) is 33.6 Å². The Morgan fingerprint density at radius 1 is 1.14 bits per heavy atom. The number of carbonyl (C=O) groups excluding carboxylic acids is 1. The van der Waals surface area contributed by atoms with Crippen molar-refractivity contribution in [2.45, 2.75) is 33.7 Å². The molecular weight excluding hydrogens is 350 g/mol. The van der Waals surface area contributed by atoms with Crippen LogP contribution in [0.5, 0.6) is 0 Å². The first kappa shape index (κ1) is 19.6. The molecule has 1 aromatic carbocycles. The second-order valence-electron chi connectivity index (χ2n) is 7.12. The minimum absolute atomic E-state index is 0.103. The van der Waals surface area contributed by atoms with Gasteiger partial charge >= 0.3 is 0 Å². The molecule has 0 saturated heterocycles. The Morgan fingerprint density at radius 3 is 2.57 bits per heavy atom. The summed E-state index contributed by atoms with van der Waals surface area (Å²) >= 11 is 0. The Labute approximate surface area is 165 Å². The average Bonchev–Trinajstić information content (AvgIpc) is 3.18. The monoisotopic (exact) mass is 377 g/mol. The molecule has 0 aliphatic heterocycles. The number of hydrogen-bond donors (Lipinski definition) is 1. The molecule has 0 saturated carbocycles. The Bertz CT molecular complexity index is 979. The normalized spacial score (nSPS) is 11.3. The van der Waals surface area contributed by atoms with E-state index in [1.165, 1.54) is 11.1 Å². The number of aromatic nitrogens is 4. The first-order valence-corrected chi connectivity index (χ1v) is 9.45. The van der Waals surface area contributed by atoms with Gasteiger partial charge in [0.2, 0.25) is 5.91 Å². The third-order valence-corrected chi connectivity index (χ3v) is 4.76. The van der Waals surface area contributed by atoms with E-state index in [2.05, 4.69) is 46.7 Å². The standard InChI is InChI=1S/C22H27N5O/c1-16-5-7-19(8-6-16)15-27-18(3)21(17(2)25-27)9-10-22(28)23-12-11-20-13-24-26(4)14-20/h5-10,13-14H,11-12,15H2,1-4H3,(H,23,28)/b10-9+. The molecular formula is C22H27N5O. The summed E-state index contributed by atoms with van der Waals surface area (Å²) in [6.45, 7) is 7.39. The predicted octanol–water partition coefficient (Wildman–Crippen LogP) is 2.96. The van der Waals surface area contributed by atoms with E-state index in [4.69, 9.17) is 0 Å². The highest BCUT2D eigenvalue weighted by atomic mass is 16.1. The smallest absolute Gasteiger partial charge is 0.244 e. The van der Waals surface area contributed by atoms with Gasteiger partial charge in [-0.1, -0.05) is 29.8 Å². The molecule has 146 valence electrons. The number of rotatable bonds is 7. The molecule has 0 fully saturated rings. The van der Waals surface area contributed by atoms with Crippen molar-refractivity contribution < 1.29 is 4.79 Å². The highest BCUT2D eigenvalue weighted by Gasteiger charge is 2.10. The van der Waals surface area contributed by atoms with Gasteiger partial charge in [0.25, 0.3) is 0 Å². The van der Waals surface area contributed by atoms with Crippen LogP contribution < -0.4 is 5.32 Å². The summed E-state index contributed by atoms with van der Waals surface area (Å²) in [7, 11) is 1.88. The van der Waals surface area contributed by atoms with Crippen molar-refractivity contribution in [2.75, 3.05) is 6.54 Å². The SMILES string of the molecule is Cc1ccc(Cn2nc(C)c(/C=C/C(=O)NCCc3cnn(C)c3)c2C)cc1. The van der Waals surface area contributed by atoms with Gasteiger partial charge in [0.15, 0.2) is 0 Å². The van der Waals surface area contributed by atoms with Crippen molar-refractivity contribution in [3.63, 3.8) is 0 Å². The number of nitrogens with one attached hydrogen (secondary N) is 1. The van der Waals surface area contributed by atoms with E-state index in [0.717, 1.165) is 35.5 Å². The Kier molecular flexibility index (Phi) is 6.09. The van der Waals surface area contributed by atoms with Gasteiger partial charge in [0.05, 0.1) is 18.4 Å². The topological polar surface area (TPSA) is 64.7 Å². The zero-order valence-corrected chi connectivity index (χ0v) is 16.9. The van der Waals surface area contributed by atoms with Crippen LogP contribution in [-0.2, 0) is 24.8 Å². The molecule has 3 rings (SSSR count). The van der Waals surface area contributed by atoms with Crippen LogP contribution in [-0.4, -0.2) is 32.0 Å². The van der Waals surface area contributed by atoms with Crippen LogP contribution >= 0.6 is 0 Å². The molecule has 2 aromatic heterocycles. The minimum atomic E-state index is -0.103. The molecule has 6 nitrogen and oxygen atoms in total. The average molecular weight is 377 g/mol. The van der Waals surface area contributed by atoms with Gasteiger partial charge in [-0.25, -0.2) is 0 Å². The molecule has 1 N–H and O–H groups in total. The van der Waals surface area contributed by atoms with E-state index in [-0.39, 0.29) is 5.91 Å². The second kappa shape index (κ2) is 8.69. The van der Waals surface area contributed by atoms with Gasteiger partial charge in [0.1, 0.15) is 0 Å². The fraction of sp³-hybridized carbons (Fsp3) is 0.318. The van der Waals surface area contributed by atoms with Crippen molar-refractivity contribution in [3.05, 3.63) is 76.4 Å². The molecule has 0 aliphatic rings. The van der Waals surface area contributed by atoms with Crippen molar-refractivity contribution in [3.8, 4) is 0 Å². The van der Waals surface area contributed by atoms with Crippen LogP contribution in [0.4, 0.5) is 0 Å². The van der Waals surface area contributed by atoms with Gasteiger partial charge in [-0.05, 0) is 44.4 Å². The van der Waals surface area contributed by atoms with Crippen molar-refractivity contribution in [1.29, 1.82) is 0 Å². The van der Waals surface area contributed by atoms with E-state index < -0.39 is 0 Å². The van der Waals surface area contributed by atoms with Crippen molar-refractivity contribution in [1.82, 2.24) is 24.9 Å². The summed E-state index contributed by atoms with van der Waals surface area (Å²) < 4.78 is 3.75. The molecule has 3 aromatic rings. The third-order valence-electron chi connectivity index (χ3n) is 4.76. The second-order valence-corrected chi connectivity index (χ2v) is 7.12. The number of benzene rings is 1. The molecule has 0 aliphatic carbocycles. The zero-order chi connectivity index (χ0) is 20.1. The van der Waals surface area contributed by atoms with Gasteiger partial charge in [0, 0.05) is 37.1 Å². The van der Waals surface area contributed by atoms with Gasteiger partial charge in [-0.2, -0.15) is 10.2 Å². The number of amides is 1. The van der Waals surface area contributed by atoms with E-state index in [9.17, 15) is 4.79 Å². The van der Waals surface area contributed by atoms with E-state index in [0.29, 0.717) is 6.54 Å². The van der Waals surface area contributed by atoms with Crippen LogP contribution in [0, 0.1) is 20.8 Å². The van der Waals surface area contributed by atoms with Crippen LogP contribution in [0.15, 0.2) is 42.7 Å². The van der Waals surface area contributed by atoms with Crippen LogP contribution in [0.25, 0.3) is 6.08 Å². The first-order valence-electron chi connectivity index (χ1n) is 9.45. The van der Waals surface area contributed by atoms with Crippen LogP contribution in [0.2, 0.25) is 0 Å². The van der Waals surface area contributed by atoms with E-state index >= 15 is 0 Å². The lowest BCUT2D eigenvalue weighted by Crippen LogP contribution is -2.23. The molecule has 0 bridgehead atoms. The third kappa shape index (κ3) is 4.97. The summed E-state index contributed by atoms with van der Waals surface area (Å²) in [6, 6.07) is 8.46. The minimum Gasteiger partial charge on any atom is -0.352 e. The largest absolute Gasteiger partial charge is 0.352 e. The molecule has 28 heavy (non-hydrogen) atoms. The molecule has 0 spiro atoms. The highest BCUT2D eigenvalue weighted by molar-refractivity contribution is 5.92. The van der Waals surface area contributed by atoms with Crippen LogP contribution in [0.3, 0.4) is 0 Å². The summed E-state index contributed by atoms with van der Waals surface area (Å²) in [5.74, 6) is -0.103. The summed E-state index contributed by atoms with van der Waals surface area (Å²) in [5, 5.41) is 11.7. The zero-order valence-electron chi connectivity index (χ0n) is 16.9. The Hall–Kier alpha value is -3.15. The quantitative estimate of drug-likeness (QED) is 0.644. The molecule has 0 unspecified atom stereocenters. The maximum Gasteiger partial charge on any atom is 0.244 e. The van der Waals surface area contributed by atoms with Crippen molar-refractivity contribution in [2.24, 2.45) is 7.05 Å².